The first-order chi connectivity index (χ1) is 6.78. The Balaban J connectivity index is 2.92. The van der Waals surface area contributed by atoms with Crippen LogP contribution in [0, 0.1) is 11.3 Å². The molecule has 1 fully saturated rings. The summed E-state index contributed by atoms with van der Waals surface area (Å²) in [5.41, 5.74) is -0.575. The van der Waals surface area contributed by atoms with Crippen molar-refractivity contribution in [3.05, 3.63) is 0 Å². The molecule has 1 aliphatic heterocycles. The first-order valence-electron chi connectivity index (χ1n) is 5.40. The minimum atomic E-state index is -0.575. The Labute approximate surface area is 91.7 Å². The van der Waals surface area contributed by atoms with Crippen molar-refractivity contribution in [2.75, 3.05) is 20.1 Å². The lowest BCUT2D eigenvalue weighted by molar-refractivity contribution is -0.143. The van der Waals surface area contributed by atoms with Crippen LogP contribution in [0.5, 0.6) is 0 Å². The molecule has 0 radical (unpaired) electrons. The number of nitrogens with one attached hydrogen (secondary N) is 1. The molecule has 86 valence electrons. The highest BCUT2D eigenvalue weighted by Gasteiger charge is 2.41. The van der Waals surface area contributed by atoms with Gasteiger partial charge in [0, 0.05) is 26.1 Å². The predicted octanol–water partition coefficient (Wildman–Crippen LogP) is 1.17. The molecular weight excluding hydrogens is 190 g/mol. The van der Waals surface area contributed by atoms with E-state index in [1.165, 1.54) is 0 Å². The highest BCUT2D eigenvalue weighted by molar-refractivity contribution is 5.93. The molecule has 1 rings (SSSR count). The molecule has 4 nitrogen and oxygen atoms in total. The average Bonchev–Trinajstić information content (AvgIpc) is 2.13. The third-order valence-electron chi connectivity index (χ3n) is 3.04. The van der Waals surface area contributed by atoms with Crippen LogP contribution in [-0.2, 0) is 4.79 Å². The van der Waals surface area contributed by atoms with Crippen LogP contribution in [0.25, 0.3) is 0 Å². The summed E-state index contributed by atoms with van der Waals surface area (Å²) in [6.45, 7) is 9.22. The summed E-state index contributed by atoms with van der Waals surface area (Å²) < 4.78 is 0. The molecular formula is C11H21N3O. The summed E-state index contributed by atoms with van der Waals surface area (Å²) in [6, 6.07) is 0. The lowest BCUT2D eigenvalue weighted by atomic mass is 9.95. The van der Waals surface area contributed by atoms with Crippen LogP contribution in [0.2, 0.25) is 0 Å². The molecule has 15 heavy (non-hydrogen) atoms. The SMILES string of the molecule is CC(C)C(=N)N1CCN(C)C(=O)C1(C)C. The predicted molar refractivity (Wildman–Crippen MR) is 61.0 cm³/mol. The molecule has 1 heterocycles. The Kier molecular flexibility index (Phi) is 3.07. The molecule has 4 heteroatoms. The molecule has 0 saturated carbocycles. The molecule has 0 aromatic heterocycles. The van der Waals surface area contributed by atoms with E-state index in [1.807, 2.05) is 39.6 Å². The van der Waals surface area contributed by atoms with Crippen LogP contribution < -0.4 is 0 Å². The van der Waals surface area contributed by atoms with Crippen LogP contribution >= 0.6 is 0 Å². The van der Waals surface area contributed by atoms with Crippen molar-refractivity contribution in [2.24, 2.45) is 5.92 Å². The van der Waals surface area contributed by atoms with Gasteiger partial charge in [-0.2, -0.15) is 0 Å². The lowest BCUT2D eigenvalue weighted by Crippen LogP contribution is -2.64. The first kappa shape index (κ1) is 12.0. The smallest absolute Gasteiger partial charge is 0.247 e. The maximum Gasteiger partial charge on any atom is 0.247 e. The van der Waals surface area contributed by atoms with Crippen LogP contribution in [0.1, 0.15) is 27.7 Å². The van der Waals surface area contributed by atoms with Gasteiger partial charge in [0.1, 0.15) is 5.54 Å². The normalized spacial score (nSPS) is 21.1. The molecule has 1 amide bonds. The molecule has 0 spiro atoms. The zero-order valence-electron chi connectivity index (χ0n) is 10.3. The summed E-state index contributed by atoms with van der Waals surface area (Å²) in [7, 11) is 1.82. The van der Waals surface area contributed by atoms with Gasteiger partial charge >= 0.3 is 0 Å². The minimum Gasteiger partial charge on any atom is -0.344 e. The number of likely N-dealkylation sites (N-methyl/N-ethyl adjacent to an activating group) is 1. The Morgan fingerprint density at radius 2 is 1.93 bits per heavy atom. The summed E-state index contributed by atoms with van der Waals surface area (Å²) in [6.07, 6.45) is 0. The maximum absolute atomic E-state index is 12.0. The number of carbonyl (C=O) groups excluding carboxylic acids is 1. The summed E-state index contributed by atoms with van der Waals surface area (Å²) in [5.74, 6) is 0.820. The van der Waals surface area contributed by atoms with E-state index < -0.39 is 5.54 Å². The molecule has 0 unspecified atom stereocenters. The third-order valence-corrected chi connectivity index (χ3v) is 3.04. The second-order valence-corrected chi connectivity index (χ2v) is 4.98. The fraction of sp³-hybridized carbons (Fsp3) is 0.818. The number of amides is 1. The highest BCUT2D eigenvalue weighted by Crippen LogP contribution is 2.23. The Hall–Kier alpha value is -1.06. The van der Waals surface area contributed by atoms with Crippen molar-refractivity contribution in [3.63, 3.8) is 0 Å². The molecule has 0 bridgehead atoms. The van der Waals surface area contributed by atoms with Gasteiger partial charge in [0.15, 0.2) is 0 Å². The molecule has 0 aromatic carbocycles. The van der Waals surface area contributed by atoms with E-state index in [2.05, 4.69) is 0 Å². The van der Waals surface area contributed by atoms with Crippen molar-refractivity contribution in [1.29, 1.82) is 5.41 Å². The Morgan fingerprint density at radius 1 is 1.40 bits per heavy atom. The molecule has 0 aromatic rings. The number of hydrogen-bond donors (Lipinski definition) is 1. The van der Waals surface area contributed by atoms with Gasteiger partial charge in [-0.1, -0.05) is 13.8 Å². The van der Waals surface area contributed by atoms with Gasteiger partial charge in [0.05, 0.1) is 5.84 Å². The van der Waals surface area contributed by atoms with Crippen molar-refractivity contribution in [2.45, 2.75) is 33.2 Å². The quantitative estimate of drug-likeness (QED) is 0.523. The van der Waals surface area contributed by atoms with Crippen molar-refractivity contribution in [3.8, 4) is 0 Å². The van der Waals surface area contributed by atoms with Gasteiger partial charge in [-0.25, -0.2) is 0 Å². The summed E-state index contributed by atoms with van der Waals surface area (Å²) in [5, 5.41) is 8.00. The second kappa shape index (κ2) is 3.83. The number of rotatable bonds is 1. The van der Waals surface area contributed by atoms with Crippen molar-refractivity contribution >= 4 is 11.7 Å². The number of piperazine rings is 1. The summed E-state index contributed by atoms with van der Waals surface area (Å²) in [4.78, 5) is 15.6. The maximum atomic E-state index is 12.0. The number of carbonyl (C=O) groups is 1. The number of nitrogens with zero attached hydrogens (tertiary/aromatic N) is 2. The van der Waals surface area contributed by atoms with E-state index in [0.717, 1.165) is 6.54 Å². The van der Waals surface area contributed by atoms with Crippen molar-refractivity contribution in [1.82, 2.24) is 9.80 Å². The number of amidine groups is 1. The first-order valence-corrected chi connectivity index (χ1v) is 5.40. The zero-order chi connectivity index (χ0) is 11.8. The van der Waals surface area contributed by atoms with Crippen molar-refractivity contribution < 1.29 is 4.79 Å². The fourth-order valence-corrected chi connectivity index (χ4v) is 1.95. The van der Waals surface area contributed by atoms with E-state index >= 15 is 0 Å². The van der Waals surface area contributed by atoms with Gasteiger partial charge in [0.25, 0.3) is 0 Å². The van der Waals surface area contributed by atoms with Gasteiger partial charge in [-0.15, -0.1) is 0 Å². The van der Waals surface area contributed by atoms with Crippen LogP contribution in [0.4, 0.5) is 0 Å². The molecule has 1 saturated heterocycles. The second-order valence-electron chi connectivity index (χ2n) is 4.98. The molecule has 0 aliphatic carbocycles. The van der Waals surface area contributed by atoms with E-state index in [4.69, 9.17) is 5.41 Å². The lowest BCUT2D eigenvalue weighted by Gasteiger charge is -2.46. The number of hydrogen-bond acceptors (Lipinski definition) is 2. The standard InChI is InChI=1S/C11H21N3O/c1-8(2)9(12)14-7-6-13(5)10(15)11(14,3)4/h8,12H,6-7H2,1-5H3. The van der Waals surface area contributed by atoms with Gasteiger partial charge < -0.3 is 9.80 Å². The van der Waals surface area contributed by atoms with Gasteiger partial charge in [-0.05, 0) is 13.8 Å². The van der Waals surface area contributed by atoms with Crippen LogP contribution in [0.3, 0.4) is 0 Å². The average molecular weight is 211 g/mol. The highest BCUT2D eigenvalue weighted by atomic mass is 16.2. The molecule has 1 N–H and O–H groups in total. The molecule has 1 aliphatic rings. The zero-order valence-corrected chi connectivity index (χ0v) is 10.3. The van der Waals surface area contributed by atoms with E-state index in [-0.39, 0.29) is 11.8 Å². The van der Waals surface area contributed by atoms with E-state index in [0.29, 0.717) is 12.4 Å². The largest absolute Gasteiger partial charge is 0.344 e. The molecule has 0 atom stereocenters. The van der Waals surface area contributed by atoms with E-state index in [9.17, 15) is 4.79 Å². The topological polar surface area (TPSA) is 47.4 Å². The fourth-order valence-electron chi connectivity index (χ4n) is 1.95. The third kappa shape index (κ3) is 1.98. The minimum absolute atomic E-state index is 0.0964. The Bertz CT molecular complexity index is 284. The van der Waals surface area contributed by atoms with Crippen LogP contribution in [0.15, 0.2) is 0 Å². The van der Waals surface area contributed by atoms with Crippen LogP contribution in [-0.4, -0.2) is 47.2 Å². The monoisotopic (exact) mass is 211 g/mol. The van der Waals surface area contributed by atoms with Gasteiger partial charge in [-0.3, -0.25) is 10.2 Å². The van der Waals surface area contributed by atoms with Gasteiger partial charge in [0.2, 0.25) is 5.91 Å². The summed E-state index contributed by atoms with van der Waals surface area (Å²) >= 11 is 0. The van der Waals surface area contributed by atoms with E-state index in [1.54, 1.807) is 4.90 Å². The Morgan fingerprint density at radius 3 is 2.40 bits per heavy atom.